The Hall–Kier alpha value is 0.230. The Bertz CT molecular complexity index is 247. The van der Waals surface area contributed by atoms with Crippen molar-refractivity contribution in [2.24, 2.45) is 0 Å². The highest BCUT2D eigenvalue weighted by molar-refractivity contribution is 7.09. The molecule has 1 saturated carbocycles. The second-order valence-electron chi connectivity index (χ2n) is 4.65. The molecule has 0 amide bonds. The minimum Gasteiger partial charge on any atom is -0.390 e. The van der Waals surface area contributed by atoms with E-state index in [1.807, 2.05) is 13.8 Å². The van der Waals surface area contributed by atoms with Gasteiger partial charge in [0.1, 0.15) is 12.2 Å². The molecule has 2 fully saturated rings. The largest absolute Gasteiger partial charge is 0.390 e. The van der Waals surface area contributed by atoms with Crippen molar-refractivity contribution in [3.63, 3.8) is 0 Å². The lowest BCUT2D eigenvalue weighted by molar-refractivity contribution is -0.176. The van der Waals surface area contributed by atoms with Crippen LogP contribution in [0.4, 0.5) is 0 Å². The molecule has 5 nitrogen and oxygen atoms in total. The molecule has 0 bridgehead atoms. The van der Waals surface area contributed by atoms with Crippen molar-refractivity contribution < 1.29 is 23.8 Å². The van der Waals surface area contributed by atoms with Gasteiger partial charge >= 0.3 is 0 Å². The molecule has 1 N–H and O–H groups in total. The number of hydrogen-bond acceptors (Lipinski definition) is 5. The summed E-state index contributed by atoms with van der Waals surface area (Å²) in [6.45, 7) is 4.70. The van der Waals surface area contributed by atoms with Crippen LogP contribution in [0.5, 0.6) is 0 Å². The fourth-order valence-electron chi connectivity index (χ4n) is 2.32. The van der Waals surface area contributed by atoms with Crippen LogP contribution in [0.3, 0.4) is 0 Å². The summed E-state index contributed by atoms with van der Waals surface area (Å²) in [4.78, 5) is 0. The van der Waals surface area contributed by atoms with Crippen molar-refractivity contribution in [1.29, 1.82) is 0 Å². The first-order valence-electron chi connectivity index (χ1n) is 5.50. The lowest BCUT2D eigenvalue weighted by atomic mass is 10.2. The fourth-order valence-corrected chi connectivity index (χ4v) is 2.42. The van der Waals surface area contributed by atoms with Gasteiger partial charge in [0.15, 0.2) is 5.79 Å². The lowest BCUT2D eigenvalue weighted by Gasteiger charge is -2.22. The van der Waals surface area contributed by atoms with Crippen LogP contribution in [-0.2, 0) is 18.7 Å². The summed E-state index contributed by atoms with van der Waals surface area (Å²) in [6, 6.07) is 0. The van der Waals surface area contributed by atoms with Gasteiger partial charge in [-0.05, 0) is 13.8 Å². The topological polar surface area (TPSA) is 57.2 Å². The molecule has 6 heteroatoms. The summed E-state index contributed by atoms with van der Waals surface area (Å²) in [5, 5.41) is 9.84. The van der Waals surface area contributed by atoms with E-state index in [1.165, 1.54) is 0 Å². The molecule has 2 aliphatic rings. The second-order valence-corrected chi connectivity index (χ2v) is 4.98. The van der Waals surface area contributed by atoms with E-state index < -0.39 is 11.9 Å². The maximum absolute atomic E-state index is 9.84. The standard InChI is InChI=1S/C10H19O5P/c1-10(2)14-8-6(11)5-7(9(8)15-10)12-3-4-13-16/h6-9,11H,3-5,16H2,1-2H3/t6-,7+,8+,9-/m1/s1. The molecule has 0 spiro atoms. The van der Waals surface area contributed by atoms with Crippen molar-refractivity contribution in [3.05, 3.63) is 0 Å². The number of rotatable bonds is 4. The molecular formula is C10H19O5P. The van der Waals surface area contributed by atoms with Crippen LogP contribution in [0.25, 0.3) is 0 Å². The average molecular weight is 250 g/mol. The number of hydrogen-bond donors (Lipinski definition) is 1. The number of aliphatic hydroxyl groups excluding tert-OH is 1. The molecule has 1 aliphatic carbocycles. The van der Waals surface area contributed by atoms with E-state index in [-0.39, 0.29) is 18.3 Å². The average Bonchev–Trinajstić information content (AvgIpc) is 2.64. The van der Waals surface area contributed by atoms with Crippen LogP contribution >= 0.6 is 9.47 Å². The zero-order chi connectivity index (χ0) is 11.8. The van der Waals surface area contributed by atoms with Gasteiger partial charge in [-0.25, -0.2) is 0 Å². The Morgan fingerprint density at radius 1 is 1.31 bits per heavy atom. The Morgan fingerprint density at radius 3 is 2.69 bits per heavy atom. The Labute approximate surface area is 97.7 Å². The monoisotopic (exact) mass is 250 g/mol. The summed E-state index contributed by atoms with van der Waals surface area (Å²) in [7, 11) is 2.18. The van der Waals surface area contributed by atoms with Crippen LogP contribution in [0.1, 0.15) is 20.3 Å². The summed E-state index contributed by atoms with van der Waals surface area (Å²) < 4.78 is 21.8. The normalized spacial score (nSPS) is 41.2. The number of aliphatic hydroxyl groups is 1. The number of ether oxygens (including phenoxy) is 3. The summed E-state index contributed by atoms with van der Waals surface area (Å²) in [5.41, 5.74) is 0. The predicted molar refractivity (Wildman–Crippen MR) is 59.9 cm³/mol. The van der Waals surface area contributed by atoms with Crippen LogP contribution in [-0.4, -0.2) is 48.5 Å². The zero-order valence-corrected chi connectivity index (χ0v) is 10.7. The van der Waals surface area contributed by atoms with Crippen LogP contribution < -0.4 is 0 Å². The van der Waals surface area contributed by atoms with Crippen LogP contribution in [0.15, 0.2) is 0 Å². The Kier molecular flexibility index (Phi) is 3.84. The van der Waals surface area contributed by atoms with Crippen molar-refractivity contribution in [1.82, 2.24) is 0 Å². The van der Waals surface area contributed by atoms with Gasteiger partial charge in [0.25, 0.3) is 0 Å². The Morgan fingerprint density at radius 2 is 2.00 bits per heavy atom. The summed E-state index contributed by atoms with van der Waals surface area (Å²) >= 11 is 0. The van der Waals surface area contributed by atoms with Crippen molar-refractivity contribution in [2.45, 2.75) is 50.5 Å². The molecule has 5 atom stereocenters. The summed E-state index contributed by atoms with van der Waals surface area (Å²) in [5.74, 6) is -0.630. The maximum atomic E-state index is 9.84. The van der Waals surface area contributed by atoms with Gasteiger partial charge in [-0.2, -0.15) is 0 Å². The quantitative estimate of drug-likeness (QED) is 0.580. The van der Waals surface area contributed by atoms with E-state index in [4.69, 9.17) is 18.7 Å². The van der Waals surface area contributed by atoms with E-state index in [0.717, 1.165) is 0 Å². The lowest BCUT2D eigenvalue weighted by Crippen LogP contribution is -2.31. The number of fused-ring (bicyclic) bond motifs is 1. The first-order valence-corrected chi connectivity index (χ1v) is 5.97. The minimum absolute atomic E-state index is 0.109. The molecule has 2 rings (SSSR count). The molecule has 0 aromatic rings. The third kappa shape index (κ3) is 2.55. The molecule has 16 heavy (non-hydrogen) atoms. The van der Waals surface area contributed by atoms with E-state index >= 15 is 0 Å². The fraction of sp³-hybridized carbons (Fsp3) is 1.00. The van der Waals surface area contributed by atoms with Crippen LogP contribution in [0, 0.1) is 0 Å². The van der Waals surface area contributed by atoms with Gasteiger partial charge in [-0.3, -0.25) is 0 Å². The Balaban J connectivity index is 1.91. The minimum atomic E-state index is -0.630. The predicted octanol–water partition coefficient (Wildman–Crippen LogP) is 0.463. The van der Waals surface area contributed by atoms with E-state index in [1.54, 1.807) is 0 Å². The van der Waals surface area contributed by atoms with E-state index in [0.29, 0.717) is 19.6 Å². The summed E-state index contributed by atoms with van der Waals surface area (Å²) in [6.07, 6.45) is -0.496. The van der Waals surface area contributed by atoms with Crippen molar-refractivity contribution >= 4 is 9.47 Å². The molecule has 1 aliphatic heterocycles. The molecule has 0 aromatic carbocycles. The third-order valence-corrected chi connectivity index (χ3v) is 3.15. The SMILES string of the molecule is CC1(C)O[C@@H]2[C@H](O1)[C@@H](OCCOP)C[C@H]2O. The highest BCUT2D eigenvalue weighted by atomic mass is 31.0. The van der Waals surface area contributed by atoms with Gasteiger partial charge in [0.05, 0.1) is 25.4 Å². The van der Waals surface area contributed by atoms with Gasteiger partial charge in [0.2, 0.25) is 0 Å². The first kappa shape index (κ1) is 12.7. The zero-order valence-electron chi connectivity index (χ0n) is 9.59. The van der Waals surface area contributed by atoms with E-state index in [9.17, 15) is 5.11 Å². The van der Waals surface area contributed by atoms with Gasteiger partial charge in [0, 0.05) is 15.9 Å². The van der Waals surface area contributed by atoms with Crippen LogP contribution in [0.2, 0.25) is 0 Å². The molecule has 94 valence electrons. The molecule has 1 heterocycles. The molecular weight excluding hydrogens is 231 g/mol. The van der Waals surface area contributed by atoms with Gasteiger partial charge in [-0.15, -0.1) is 0 Å². The molecule has 0 aromatic heterocycles. The van der Waals surface area contributed by atoms with E-state index in [2.05, 4.69) is 9.47 Å². The molecule has 1 saturated heterocycles. The van der Waals surface area contributed by atoms with Gasteiger partial charge in [-0.1, -0.05) is 0 Å². The molecule has 0 radical (unpaired) electrons. The second kappa shape index (κ2) is 4.84. The van der Waals surface area contributed by atoms with Gasteiger partial charge < -0.3 is 23.8 Å². The highest BCUT2D eigenvalue weighted by Gasteiger charge is 2.54. The van der Waals surface area contributed by atoms with Crippen molar-refractivity contribution in [2.75, 3.05) is 13.2 Å². The smallest absolute Gasteiger partial charge is 0.164 e. The van der Waals surface area contributed by atoms with Crippen molar-refractivity contribution in [3.8, 4) is 0 Å². The third-order valence-electron chi connectivity index (χ3n) is 2.92. The highest BCUT2D eigenvalue weighted by Crippen LogP contribution is 2.39. The maximum Gasteiger partial charge on any atom is 0.164 e. The molecule has 1 unspecified atom stereocenters. The first-order chi connectivity index (χ1) is 7.53.